The fraction of sp³-hybridized carbons (Fsp3) is 0.0952. The number of oxazole rings is 1. The lowest BCUT2D eigenvalue weighted by Gasteiger charge is -2.11. The van der Waals surface area contributed by atoms with Crippen molar-refractivity contribution in [3.05, 3.63) is 77.5 Å². The summed E-state index contributed by atoms with van der Waals surface area (Å²) in [6.45, 7) is 3.90. The van der Waals surface area contributed by atoms with Gasteiger partial charge in [-0.05, 0) is 55.8 Å². The summed E-state index contributed by atoms with van der Waals surface area (Å²) in [4.78, 5) is 21.2. The van der Waals surface area contributed by atoms with Crippen molar-refractivity contribution in [3.8, 4) is 11.5 Å². The minimum atomic E-state index is -0.145. The van der Waals surface area contributed by atoms with Gasteiger partial charge in [0.15, 0.2) is 11.2 Å². The van der Waals surface area contributed by atoms with E-state index >= 15 is 0 Å². The zero-order valence-corrected chi connectivity index (χ0v) is 14.5. The van der Waals surface area contributed by atoms with E-state index in [-0.39, 0.29) is 5.91 Å². The molecule has 0 unspecified atom stereocenters. The molecule has 128 valence electrons. The lowest BCUT2D eigenvalue weighted by Crippen LogP contribution is -2.13. The summed E-state index contributed by atoms with van der Waals surface area (Å²) in [5.74, 6) is 0.344. The Morgan fingerprint density at radius 3 is 2.69 bits per heavy atom. The Labute approximate surface area is 150 Å². The van der Waals surface area contributed by atoms with E-state index in [2.05, 4.69) is 15.3 Å². The summed E-state index contributed by atoms with van der Waals surface area (Å²) in [5.41, 5.74) is 5.31. The summed E-state index contributed by atoms with van der Waals surface area (Å²) in [7, 11) is 0. The molecule has 0 aliphatic rings. The average molecular weight is 343 g/mol. The first-order valence-corrected chi connectivity index (χ1v) is 8.31. The van der Waals surface area contributed by atoms with Crippen LogP contribution in [0.15, 0.2) is 65.2 Å². The SMILES string of the molecule is Cc1cccc(C(=O)Nc2cccc(-c3nc4ncccc4o3)c2C)c1. The van der Waals surface area contributed by atoms with Gasteiger partial charge in [0.25, 0.3) is 5.91 Å². The van der Waals surface area contributed by atoms with Gasteiger partial charge in [-0.2, -0.15) is 4.98 Å². The lowest BCUT2D eigenvalue weighted by molar-refractivity contribution is 0.102. The number of fused-ring (bicyclic) bond motifs is 1. The third kappa shape index (κ3) is 2.95. The minimum absolute atomic E-state index is 0.145. The smallest absolute Gasteiger partial charge is 0.255 e. The molecule has 1 amide bonds. The maximum atomic E-state index is 12.5. The Morgan fingerprint density at radius 2 is 1.88 bits per heavy atom. The molecular weight excluding hydrogens is 326 g/mol. The molecule has 0 atom stereocenters. The molecule has 0 spiro atoms. The van der Waals surface area contributed by atoms with Crippen molar-refractivity contribution in [1.29, 1.82) is 0 Å². The van der Waals surface area contributed by atoms with Gasteiger partial charge in [0.2, 0.25) is 5.89 Å². The quantitative estimate of drug-likeness (QED) is 0.582. The van der Waals surface area contributed by atoms with Crippen LogP contribution < -0.4 is 5.32 Å². The number of nitrogens with one attached hydrogen (secondary N) is 1. The van der Waals surface area contributed by atoms with Crippen LogP contribution in [0.25, 0.3) is 22.7 Å². The first-order chi connectivity index (χ1) is 12.6. The van der Waals surface area contributed by atoms with Crippen molar-refractivity contribution in [3.63, 3.8) is 0 Å². The lowest BCUT2D eigenvalue weighted by atomic mass is 10.1. The Bertz CT molecular complexity index is 1080. The number of carbonyl (C=O) groups is 1. The third-order valence-electron chi connectivity index (χ3n) is 4.26. The molecule has 0 saturated heterocycles. The Balaban J connectivity index is 1.68. The van der Waals surface area contributed by atoms with Gasteiger partial charge >= 0.3 is 0 Å². The Morgan fingerprint density at radius 1 is 1.04 bits per heavy atom. The standard InChI is InChI=1S/C21H17N3O2/c1-13-6-3-7-15(12-13)20(25)23-17-9-4-8-16(14(17)2)21-24-19-18(26-21)10-5-11-22-19/h3-12H,1-2H3,(H,23,25). The first kappa shape index (κ1) is 16.0. The Hall–Kier alpha value is -3.47. The van der Waals surface area contributed by atoms with Crippen molar-refractivity contribution in [2.75, 3.05) is 5.32 Å². The number of benzene rings is 2. The fourth-order valence-electron chi connectivity index (χ4n) is 2.87. The normalized spacial score (nSPS) is 10.8. The molecule has 0 fully saturated rings. The zero-order chi connectivity index (χ0) is 18.1. The molecular formula is C21H17N3O2. The van der Waals surface area contributed by atoms with Gasteiger partial charge in [-0.1, -0.05) is 23.8 Å². The van der Waals surface area contributed by atoms with Gasteiger partial charge in [0, 0.05) is 23.0 Å². The molecule has 0 radical (unpaired) electrons. The predicted molar refractivity (Wildman–Crippen MR) is 101 cm³/mol. The molecule has 4 rings (SSSR count). The number of anilines is 1. The van der Waals surface area contributed by atoms with Crippen LogP contribution in [-0.2, 0) is 0 Å². The van der Waals surface area contributed by atoms with E-state index in [1.807, 2.05) is 62.4 Å². The molecule has 0 aliphatic carbocycles. The van der Waals surface area contributed by atoms with Crippen LogP contribution in [0, 0.1) is 13.8 Å². The molecule has 2 heterocycles. The van der Waals surface area contributed by atoms with Gasteiger partial charge in [-0.25, -0.2) is 4.98 Å². The number of rotatable bonds is 3. The summed E-state index contributed by atoms with van der Waals surface area (Å²) in [6, 6.07) is 16.8. The van der Waals surface area contributed by atoms with Crippen molar-refractivity contribution < 1.29 is 9.21 Å². The molecule has 2 aromatic heterocycles. The second-order valence-corrected chi connectivity index (χ2v) is 6.15. The molecule has 4 aromatic rings. The maximum absolute atomic E-state index is 12.5. The average Bonchev–Trinajstić information content (AvgIpc) is 3.07. The number of aryl methyl sites for hydroxylation is 1. The second kappa shape index (κ2) is 6.44. The third-order valence-corrected chi connectivity index (χ3v) is 4.26. The van der Waals surface area contributed by atoms with Crippen LogP contribution in [0.2, 0.25) is 0 Å². The zero-order valence-electron chi connectivity index (χ0n) is 14.5. The monoisotopic (exact) mass is 343 g/mol. The van der Waals surface area contributed by atoms with Gasteiger partial charge in [0.05, 0.1) is 0 Å². The summed E-state index contributed by atoms with van der Waals surface area (Å²) >= 11 is 0. The van der Waals surface area contributed by atoms with Crippen molar-refractivity contribution >= 4 is 22.8 Å². The molecule has 1 N–H and O–H groups in total. The molecule has 2 aromatic carbocycles. The highest BCUT2D eigenvalue weighted by Crippen LogP contribution is 2.30. The number of nitrogens with zero attached hydrogens (tertiary/aromatic N) is 2. The van der Waals surface area contributed by atoms with Crippen LogP contribution in [0.1, 0.15) is 21.5 Å². The van der Waals surface area contributed by atoms with E-state index in [0.717, 1.165) is 22.4 Å². The Kier molecular flexibility index (Phi) is 3.97. The molecule has 0 aliphatic heterocycles. The number of aromatic nitrogens is 2. The van der Waals surface area contributed by atoms with E-state index in [0.29, 0.717) is 22.7 Å². The highest BCUT2D eigenvalue weighted by atomic mass is 16.3. The number of pyridine rings is 1. The first-order valence-electron chi connectivity index (χ1n) is 8.31. The van der Waals surface area contributed by atoms with Gasteiger partial charge in [-0.15, -0.1) is 0 Å². The largest absolute Gasteiger partial charge is 0.434 e. The second-order valence-electron chi connectivity index (χ2n) is 6.15. The van der Waals surface area contributed by atoms with Gasteiger partial charge < -0.3 is 9.73 Å². The van der Waals surface area contributed by atoms with E-state index in [9.17, 15) is 4.79 Å². The van der Waals surface area contributed by atoms with Crippen molar-refractivity contribution in [1.82, 2.24) is 9.97 Å². The van der Waals surface area contributed by atoms with Crippen molar-refractivity contribution in [2.45, 2.75) is 13.8 Å². The van der Waals surface area contributed by atoms with Crippen LogP contribution in [-0.4, -0.2) is 15.9 Å². The van der Waals surface area contributed by atoms with E-state index in [1.54, 1.807) is 12.3 Å². The van der Waals surface area contributed by atoms with Crippen molar-refractivity contribution in [2.24, 2.45) is 0 Å². The molecule has 0 saturated carbocycles. The number of hydrogen-bond donors (Lipinski definition) is 1. The minimum Gasteiger partial charge on any atom is -0.434 e. The number of amides is 1. The van der Waals surface area contributed by atoms with Crippen LogP contribution in [0.5, 0.6) is 0 Å². The molecule has 0 bridgehead atoms. The molecule has 5 nitrogen and oxygen atoms in total. The molecule has 26 heavy (non-hydrogen) atoms. The maximum Gasteiger partial charge on any atom is 0.255 e. The van der Waals surface area contributed by atoms with Crippen LogP contribution in [0.4, 0.5) is 5.69 Å². The van der Waals surface area contributed by atoms with Gasteiger partial charge in [-0.3, -0.25) is 4.79 Å². The highest BCUT2D eigenvalue weighted by molar-refractivity contribution is 6.05. The summed E-state index contributed by atoms with van der Waals surface area (Å²) in [5, 5.41) is 2.97. The fourth-order valence-corrected chi connectivity index (χ4v) is 2.87. The van der Waals surface area contributed by atoms with Crippen LogP contribution >= 0.6 is 0 Å². The summed E-state index contributed by atoms with van der Waals surface area (Å²) < 4.78 is 5.81. The van der Waals surface area contributed by atoms with Crippen LogP contribution in [0.3, 0.4) is 0 Å². The predicted octanol–water partition coefficient (Wildman–Crippen LogP) is 4.76. The highest BCUT2D eigenvalue weighted by Gasteiger charge is 2.15. The number of carbonyl (C=O) groups excluding carboxylic acids is 1. The van der Waals surface area contributed by atoms with E-state index in [4.69, 9.17) is 4.42 Å². The summed E-state index contributed by atoms with van der Waals surface area (Å²) in [6.07, 6.45) is 1.68. The van der Waals surface area contributed by atoms with E-state index in [1.165, 1.54) is 0 Å². The van der Waals surface area contributed by atoms with E-state index < -0.39 is 0 Å². The van der Waals surface area contributed by atoms with Gasteiger partial charge in [0.1, 0.15) is 0 Å². The topological polar surface area (TPSA) is 68.0 Å². The molecule has 5 heteroatoms. The number of hydrogen-bond acceptors (Lipinski definition) is 4.